The van der Waals surface area contributed by atoms with Crippen molar-refractivity contribution in [1.82, 2.24) is 20.3 Å². The van der Waals surface area contributed by atoms with Crippen molar-refractivity contribution in [2.75, 3.05) is 5.01 Å². The van der Waals surface area contributed by atoms with Crippen LogP contribution in [0.2, 0.25) is 10.0 Å². The summed E-state index contributed by atoms with van der Waals surface area (Å²) in [7, 11) is 0. The number of carbonyl (C=O) groups excluding carboxylic acids is 2. The number of aromatic amines is 1. The number of carbonyl (C=O) groups is 2. The van der Waals surface area contributed by atoms with E-state index in [4.69, 9.17) is 33.2 Å². The molecule has 3 amide bonds. The third kappa shape index (κ3) is 4.14. The summed E-state index contributed by atoms with van der Waals surface area (Å²) in [6, 6.07) is 7.57. The summed E-state index contributed by atoms with van der Waals surface area (Å²) < 4.78 is 7.53. The number of hydrogen-bond donors (Lipinski definition) is 3. The molecule has 0 radical (unpaired) electrons. The van der Waals surface area contributed by atoms with Crippen LogP contribution in [-0.2, 0) is 10.3 Å². The van der Waals surface area contributed by atoms with E-state index >= 15 is 0 Å². The van der Waals surface area contributed by atoms with Gasteiger partial charge >= 0.3 is 11.7 Å². The second kappa shape index (κ2) is 8.12. The zero-order valence-corrected chi connectivity index (χ0v) is 19.2. The molecule has 1 aliphatic rings. The highest BCUT2D eigenvalue weighted by atomic mass is 35.5. The Morgan fingerprint density at radius 1 is 1.09 bits per heavy atom. The van der Waals surface area contributed by atoms with Gasteiger partial charge in [0.15, 0.2) is 11.8 Å². The van der Waals surface area contributed by atoms with Crippen LogP contribution in [0.15, 0.2) is 35.1 Å². The normalized spacial score (nSPS) is 16.6. The molecule has 0 bridgehead atoms. The average molecular weight is 489 g/mol. The molecule has 170 valence electrons. The highest BCUT2D eigenvalue weighted by molar-refractivity contribution is 6.37. The average Bonchev–Trinajstić information content (AvgIpc) is 3.06. The largest absolute Gasteiger partial charge is 0.454 e. The second-order valence-corrected chi connectivity index (χ2v) is 9.09. The number of halogens is 2. The van der Waals surface area contributed by atoms with Crippen LogP contribution < -0.4 is 26.2 Å². The predicted octanol–water partition coefficient (Wildman–Crippen LogP) is 3.64. The number of benzene rings is 2. The van der Waals surface area contributed by atoms with Gasteiger partial charge in [-0.1, -0.05) is 23.2 Å². The lowest BCUT2D eigenvalue weighted by molar-refractivity contribution is -0.121. The van der Waals surface area contributed by atoms with E-state index in [1.165, 1.54) is 12.1 Å². The zero-order chi connectivity index (χ0) is 24.1. The van der Waals surface area contributed by atoms with Gasteiger partial charge in [0, 0.05) is 11.6 Å². The van der Waals surface area contributed by atoms with Gasteiger partial charge in [-0.3, -0.25) is 14.7 Å². The number of fused-ring (bicyclic) bond motifs is 1. The number of ether oxygens (including phenoxy) is 1. The molecule has 0 saturated carbocycles. The van der Waals surface area contributed by atoms with Gasteiger partial charge in [0.2, 0.25) is 0 Å². The summed E-state index contributed by atoms with van der Waals surface area (Å²) in [5.74, 6) is -0.239. The lowest BCUT2D eigenvalue weighted by Crippen LogP contribution is -2.64. The van der Waals surface area contributed by atoms with Gasteiger partial charge in [-0.15, -0.1) is 0 Å². The quantitative estimate of drug-likeness (QED) is 0.515. The molecule has 2 aromatic carbocycles. The molecule has 0 spiro atoms. The minimum Gasteiger partial charge on any atom is -0.454 e. The molecule has 3 aromatic rings. The van der Waals surface area contributed by atoms with Crippen molar-refractivity contribution >= 4 is 51.9 Å². The fraction of sp³-hybridized carbons (Fsp3) is 0.238. The van der Waals surface area contributed by atoms with Crippen LogP contribution in [0.25, 0.3) is 11.0 Å². The highest BCUT2D eigenvalue weighted by Crippen LogP contribution is 2.40. The van der Waals surface area contributed by atoms with Crippen molar-refractivity contribution in [2.45, 2.75) is 32.4 Å². The molecule has 1 unspecified atom stereocenters. The molecule has 3 N–H and O–H groups in total. The zero-order valence-electron chi connectivity index (χ0n) is 17.7. The molecule has 1 fully saturated rings. The number of H-pyrrole nitrogens is 1. The number of imidazole rings is 1. The highest BCUT2D eigenvalue weighted by Gasteiger charge is 2.33. The van der Waals surface area contributed by atoms with Crippen molar-refractivity contribution < 1.29 is 14.3 Å². The van der Waals surface area contributed by atoms with Gasteiger partial charge in [-0.25, -0.2) is 14.6 Å². The van der Waals surface area contributed by atoms with E-state index in [0.29, 0.717) is 16.8 Å². The maximum Gasteiger partial charge on any atom is 0.343 e. The van der Waals surface area contributed by atoms with Crippen molar-refractivity contribution in [3.63, 3.8) is 0 Å². The topological polar surface area (TPSA) is 132 Å². The van der Waals surface area contributed by atoms with Gasteiger partial charge in [-0.2, -0.15) is 10.7 Å². The minimum atomic E-state index is -1.26. The van der Waals surface area contributed by atoms with Crippen LogP contribution in [0, 0.1) is 11.3 Å². The minimum absolute atomic E-state index is 0.0832. The van der Waals surface area contributed by atoms with E-state index in [1.807, 2.05) is 20.8 Å². The van der Waals surface area contributed by atoms with E-state index in [-0.39, 0.29) is 27.2 Å². The Morgan fingerprint density at radius 3 is 2.36 bits per heavy atom. The number of imide groups is 1. The molecule has 1 aromatic heterocycles. The molecule has 0 aliphatic carbocycles. The van der Waals surface area contributed by atoms with Crippen molar-refractivity contribution in [3.05, 3.63) is 50.9 Å². The summed E-state index contributed by atoms with van der Waals surface area (Å²) >= 11 is 12.8. The number of hydrazine groups is 1. The van der Waals surface area contributed by atoms with E-state index in [0.717, 1.165) is 5.01 Å². The standard InChI is InChI=1S/C21H18Cl2N6O4/c1-21(2,3)28-16-8-11(4-5-14(16)25-19(28)31)33-17-12(22)6-10(7-13(17)23)29-20(32)26-18(30)15(9-24)27-29/h4-8,15,27H,1-3H3,(H,25,31)(H,26,30,32). The summed E-state index contributed by atoms with van der Waals surface area (Å²) in [5, 5.41) is 12.3. The van der Waals surface area contributed by atoms with E-state index in [9.17, 15) is 14.4 Å². The first-order chi connectivity index (χ1) is 15.5. The van der Waals surface area contributed by atoms with Gasteiger partial charge in [0.1, 0.15) is 5.75 Å². The molecule has 1 aliphatic heterocycles. The maximum atomic E-state index is 12.4. The number of nitrogens with one attached hydrogen (secondary N) is 3. The summed E-state index contributed by atoms with van der Waals surface area (Å²) in [4.78, 5) is 39.0. The number of amides is 3. The van der Waals surface area contributed by atoms with Gasteiger partial charge in [0.25, 0.3) is 5.91 Å². The molecule has 2 heterocycles. The van der Waals surface area contributed by atoms with E-state index in [2.05, 4.69) is 15.7 Å². The summed E-state index contributed by atoms with van der Waals surface area (Å²) in [5.41, 5.74) is 3.30. The van der Waals surface area contributed by atoms with Gasteiger partial charge in [0.05, 0.1) is 32.8 Å². The number of urea groups is 1. The fourth-order valence-corrected chi connectivity index (χ4v) is 4.01. The number of rotatable bonds is 3. The monoisotopic (exact) mass is 488 g/mol. The number of nitrogens with zero attached hydrogens (tertiary/aromatic N) is 3. The Kier molecular flexibility index (Phi) is 5.57. The van der Waals surface area contributed by atoms with Crippen molar-refractivity contribution in [3.8, 4) is 17.6 Å². The lowest BCUT2D eigenvalue weighted by atomic mass is 10.1. The van der Waals surface area contributed by atoms with Crippen LogP contribution in [0.3, 0.4) is 0 Å². The Bertz CT molecular complexity index is 1380. The third-order valence-electron chi connectivity index (χ3n) is 4.87. The summed E-state index contributed by atoms with van der Waals surface area (Å²) in [6.07, 6.45) is 0. The predicted molar refractivity (Wildman–Crippen MR) is 123 cm³/mol. The molecule has 12 heteroatoms. The molecule has 1 atom stereocenters. The van der Waals surface area contributed by atoms with Gasteiger partial charge < -0.3 is 9.72 Å². The van der Waals surface area contributed by atoms with Crippen LogP contribution in [0.1, 0.15) is 20.8 Å². The molecule has 10 nitrogen and oxygen atoms in total. The molecular formula is C21H18Cl2N6O4. The Labute approximate surface area is 197 Å². The molecular weight excluding hydrogens is 471 g/mol. The molecule has 4 rings (SSSR count). The first-order valence-corrected chi connectivity index (χ1v) is 10.5. The summed E-state index contributed by atoms with van der Waals surface area (Å²) in [6.45, 7) is 5.74. The van der Waals surface area contributed by atoms with E-state index in [1.54, 1.807) is 28.8 Å². The molecule has 33 heavy (non-hydrogen) atoms. The third-order valence-corrected chi connectivity index (χ3v) is 5.43. The lowest BCUT2D eigenvalue weighted by Gasteiger charge is -2.30. The first kappa shape index (κ1) is 22.7. The van der Waals surface area contributed by atoms with Crippen LogP contribution in [0.4, 0.5) is 10.5 Å². The number of hydrogen-bond acceptors (Lipinski definition) is 6. The van der Waals surface area contributed by atoms with Crippen molar-refractivity contribution in [1.29, 1.82) is 5.26 Å². The smallest absolute Gasteiger partial charge is 0.343 e. The fourth-order valence-electron chi connectivity index (χ4n) is 3.46. The van der Waals surface area contributed by atoms with E-state index < -0.39 is 23.5 Å². The Hall–Kier alpha value is -3.52. The second-order valence-electron chi connectivity index (χ2n) is 8.28. The van der Waals surface area contributed by atoms with Crippen molar-refractivity contribution in [2.24, 2.45) is 0 Å². The Balaban J connectivity index is 1.68. The molecule has 1 saturated heterocycles. The number of nitriles is 1. The van der Waals surface area contributed by atoms with Crippen LogP contribution in [0.5, 0.6) is 11.5 Å². The maximum absolute atomic E-state index is 12.4. The Morgan fingerprint density at radius 2 is 1.76 bits per heavy atom. The number of aromatic nitrogens is 2. The van der Waals surface area contributed by atoms with Gasteiger partial charge in [-0.05, 0) is 45.0 Å². The SMILES string of the molecule is CC(C)(C)n1c(=O)[nH]c2ccc(Oc3c(Cl)cc(N4NC(C#N)C(=O)NC4=O)cc3Cl)cc21. The van der Waals surface area contributed by atoms with Crippen LogP contribution in [-0.4, -0.2) is 27.5 Å². The van der Waals surface area contributed by atoms with Crippen LogP contribution >= 0.6 is 23.2 Å². The number of anilines is 1. The first-order valence-electron chi connectivity index (χ1n) is 9.72.